The van der Waals surface area contributed by atoms with Crippen LogP contribution in [0.25, 0.3) is 11.2 Å². The molecule has 0 spiro atoms. The van der Waals surface area contributed by atoms with Crippen molar-refractivity contribution in [2.45, 2.75) is 6.61 Å². The average Bonchev–Trinajstić information content (AvgIpc) is 3.30. The van der Waals surface area contributed by atoms with Crippen molar-refractivity contribution in [2.75, 3.05) is 7.05 Å². The van der Waals surface area contributed by atoms with E-state index < -0.39 is 10.8 Å². The van der Waals surface area contributed by atoms with Gasteiger partial charge in [0.1, 0.15) is 12.1 Å². The third-order valence-electron chi connectivity index (χ3n) is 4.35. The maximum absolute atomic E-state index is 12.5. The van der Waals surface area contributed by atoms with Crippen molar-refractivity contribution < 1.29 is 14.5 Å². The van der Waals surface area contributed by atoms with E-state index in [1.165, 1.54) is 37.6 Å². The van der Waals surface area contributed by atoms with Gasteiger partial charge in [0.2, 0.25) is 5.88 Å². The molecule has 0 aliphatic heterocycles. The Morgan fingerprint density at radius 2 is 1.91 bits per heavy atom. The first-order chi connectivity index (χ1) is 15.5. The maximum Gasteiger partial charge on any atom is 0.276 e. The van der Waals surface area contributed by atoms with Gasteiger partial charge in [-0.15, -0.1) is 0 Å². The molecule has 2 heterocycles. The minimum Gasteiger partial charge on any atom is -0.471 e. The number of imidazole rings is 1. The standard InChI is InChI=1S/C20H16N8O4/c1-27(19(29)14-7-9-15(10-8-14)28(30)31)26-25-20-23-17-16(21-12-22-17)18(24-20)32-11-13-5-3-2-4-6-13/h2-10,12H,11H2,1H3,(H,21,22,23,24)/b26-25+. The number of nitro benzene ring substituents is 1. The van der Waals surface area contributed by atoms with Crippen LogP contribution in [0.3, 0.4) is 0 Å². The zero-order valence-electron chi connectivity index (χ0n) is 16.7. The Morgan fingerprint density at radius 1 is 1.16 bits per heavy atom. The number of nitrogens with zero attached hydrogens (tertiary/aromatic N) is 7. The number of nitro groups is 1. The molecule has 32 heavy (non-hydrogen) atoms. The largest absolute Gasteiger partial charge is 0.471 e. The Balaban J connectivity index is 1.51. The van der Waals surface area contributed by atoms with Gasteiger partial charge in [0, 0.05) is 24.7 Å². The molecule has 12 nitrogen and oxygen atoms in total. The molecule has 0 aliphatic carbocycles. The summed E-state index contributed by atoms with van der Waals surface area (Å²) >= 11 is 0. The predicted molar refractivity (Wildman–Crippen MR) is 112 cm³/mol. The summed E-state index contributed by atoms with van der Waals surface area (Å²) in [6, 6.07) is 14.7. The molecule has 0 atom stereocenters. The van der Waals surface area contributed by atoms with Crippen molar-refractivity contribution in [2.24, 2.45) is 10.3 Å². The number of rotatable bonds is 7. The van der Waals surface area contributed by atoms with Crippen LogP contribution in [-0.2, 0) is 6.61 Å². The van der Waals surface area contributed by atoms with Gasteiger partial charge in [-0.3, -0.25) is 14.9 Å². The molecule has 4 rings (SSSR count). The molecule has 0 unspecified atom stereocenters. The van der Waals surface area contributed by atoms with Crippen LogP contribution in [0.5, 0.6) is 5.88 Å². The highest BCUT2D eigenvalue weighted by Crippen LogP contribution is 2.23. The Labute approximate surface area is 180 Å². The van der Waals surface area contributed by atoms with Crippen LogP contribution in [0.4, 0.5) is 11.6 Å². The first-order valence-corrected chi connectivity index (χ1v) is 9.33. The van der Waals surface area contributed by atoms with Crippen molar-refractivity contribution in [1.82, 2.24) is 24.9 Å². The number of aromatic amines is 1. The number of carbonyl (C=O) groups excluding carboxylic acids is 1. The molecule has 0 saturated carbocycles. The number of aromatic nitrogens is 4. The number of hydrogen-bond donors (Lipinski definition) is 1. The van der Waals surface area contributed by atoms with E-state index >= 15 is 0 Å². The van der Waals surface area contributed by atoms with E-state index in [9.17, 15) is 14.9 Å². The third kappa shape index (κ3) is 4.53. The van der Waals surface area contributed by atoms with Crippen LogP contribution in [0.15, 0.2) is 71.3 Å². The van der Waals surface area contributed by atoms with Crippen LogP contribution in [0.1, 0.15) is 15.9 Å². The number of nitrogens with one attached hydrogen (secondary N) is 1. The number of carbonyl (C=O) groups is 1. The number of hydrogen-bond acceptors (Lipinski definition) is 9. The second-order valence-corrected chi connectivity index (χ2v) is 6.53. The van der Waals surface area contributed by atoms with Crippen LogP contribution >= 0.6 is 0 Å². The molecular weight excluding hydrogens is 416 g/mol. The van der Waals surface area contributed by atoms with E-state index in [4.69, 9.17) is 4.74 Å². The van der Waals surface area contributed by atoms with Gasteiger partial charge >= 0.3 is 0 Å². The Kier molecular flexibility index (Phi) is 5.74. The fourth-order valence-electron chi connectivity index (χ4n) is 2.73. The number of non-ortho nitro benzene ring substituents is 1. The third-order valence-corrected chi connectivity index (χ3v) is 4.35. The lowest BCUT2D eigenvalue weighted by molar-refractivity contribution is -0.384. The highest BCUT2D eigenvalue weighted by Gasteiger charge is 2.15. The molecular formula is C20H16N8O4. The van der Waals surface area contributed by atoms with Gasteiger partial charge in [0.15, 0.2) is 5.65 Å². The van der Waals surface area contributed by atoms with E-state index in [0.717, 1.165) is 10.6 Å². The lowest BCUT2D eigenvalue weighted by atomic mass is 10.2. The second-order valence-electron chi connectivity index (χ2n) is 6.53. The monoisotopic (exact) mass is 432 g/mol. The van der Waals surface area contributed by atoms with Crippen LogP contribution in [-0.4, -0.2) is 42.8 Å². The summed E-state index contributed by atoms with van der Waals surface area (Å²) in [5.74, 6) is -0.310. The zero-order valence-corrected chi connectivity index (χ0v) is 16.7. The SMILES string of the molecule is CN(/N=N/c1nc(OCc2ccccc2)c2[nH]cnc2n1)C(=O)c1ccc([N+](=O)[O-])cc1. The van der Waals surface area contributed by atoms with Crippen LogP contribution < -0.4 is 4.74 Å². The average molecular weight is 432 g/mol. The summed E-state index contributed by atoms with van der Waals surface area (Å²) in [6.07, 6.45) is 1.46. The van der Waals surface area contributed by atoms with Gasteiger partial charge in [0.25, 0.3) is 17.5 Å². The van der Waals surface area contributed by atoms with Gasteiger partial charge in [-0.05, 0) is 17.7 Å². The molecule has 1 amide bonds. The van der Waals surface area contributed by atoms with Gasteiger partial charge < -0.3 is 9.72 Å². The summed E-state index contributed by atoms with van der Waals surface area (Å²) in [5, 5.41) is 19.5. The molecule has 160 valence electrons. The number of H-pyrrole nitrogens is 1. The summed E-state index contributed by atoms with van der Waals surface area (Å²) < 4.78 is 5.80. The predicted octanol–water partition coefficient (Wildman–Crippen LogP) is 3.61. The van der Waals surface area contributed by atoms with Crippen molar-refractivity contribution >= 4 is 28.7 Å². The Morgan fingerprint density at radius 3 is 2.62 bits per heavy atom. The molecule has 12 heteroatoms. The van der Waals surface area contributed by atoms with E-state index in [1.807, 2.05) is 30.3 Å². The molecule has 4 aromatic rings. The molecule has 1 N–H and O–H groups in total. The molecule has 2 aromatic carbocycles. The first-order valence-electron chi connectivity index (χ1n) is 9.33. The van der Waals surface area contributed by atoms with E-state index in [2.05, 4.69) is 30.3 Å². The molecule has 0 saturated heterocycles. The van der Waals surface area contributed by atoms with E-state index in [-0.39, 0.29) is 29.7 Å². The molecule has 0 fully saturated rings. The molecule has 0 aliphatic rings. The number of fused-ring (bicyclic) bond motifs is 1. The van der Waals surface area contributed by atoms with E-state index in [0.29, 0.717) is 11.2 Å². The minimum atomic E-state index is -0.544. The van der Waals surface area contributed by atoms with Gasteiger partial charge in [-0.25, -0.2) is 9.99 Å². The van der Waals surface area contributed by atoms with Crippen molar-refractivity contribution in [3.63, 3.8) is 0 Å². The molecule has 0 radical (unpaired) electrons. The molecule has 2 aromatic heterocycles. The topological polar surface area (TPSA) is 152 Å². The number of benzene rings is 2. The zero-order chi connectivity index (χ0) is 22.5. The van der Waals surface area contributed by atoms with Crippen molar-refractivity contribution in [3.8, 4) is 5.88 Å². The lowest BCUT2D eigenvalue weighted by Crippen LogP contribution is -2.20. The summed E-state index contributed by atoms with van der Waals surface area (Å²) in [4.78, 5) is 38.1. The summed E-state index contributed by atoms with van der Waals surface area (Å²) in [7, 11) is 1.40. The Hall–Kier alpha value is -4.74. The van der Waals surface area contributed by atoms with Crippen molar-refractivity contribution in [3.05, 3.63) is 82.2 Å². The Bertz CT molecular complexity index is 1290. The smallest absolute Gasteiger partial charge is 0.276 e. The summed E-state index contributed by atoms with van der Waals surface area (Å²) in [6.45, 7) is 0.279. The molecule has 0 bridgehead atoms. The van der Waals surface area contributed by atoms with Crippen LogP contribution in [0, 0.1) is 10.1 Å². The van der Waals surface area contributed by atoms with Crippen molar-refractivity contribution in [1.29, 1.82) is 0 Å². The van der Waals surface area contributed by atoms with Gasteiger partial charge in [-0.1, -0.05) is 40.7 Å². The quantitative estimate of drug-likeness (QED) is 0.266. The first kappa shape index (κ1) is 20.5. The van der Waals surface area contributed by atoms with Gasteiger partial charge in [-0.2, -0.15) is 9.97 Å². The number of amides is 1. The fraction of sp³-hybridized carbons (Fsp3) is 0.100. The van der Waals surface area contributed by atoms with Crippen LogP contribution in [0.2, 0.25) is 0 Å². The lowest BCUT2D eigenvalue weighted by Gasteiger charge is -2.09. The maximum atomic E-state index is 12.5. The minimum absolute atomic E-state index is 0.0454. The second kappa shape index (κ2) is 8.95. The fourth-order valence-corrected chi connectivity index (χ4v) is 2.73. The normalized spacial score (nSPS) is 11.0. The number of ether oxygens (including phenoxy) is 1. The highest BCUT2D eigenvalue weighted by atomic mass is 16.6. The summed E-state index contributed by atoms with van der Waals surface area (Å²) in [5.41, 5.74) is 1.90. The van der Waals surface area contributed by atoms with E-state index in [1.54, 1.807) is 0 Å². The van der Waals surface area contributed by atoms with Gasteiger partial charge in [0.05, 0.1) is 11.3 Å². The highest BCUT2D eigenvalue weighted by molar-refractivity contribution is 5.94.